The summed E-state index contributed by atoms with van der Waals surface area (Å²) in [6, 6.07) is 3.50. The van der Waals surface area contributed by atoms with Crippen LogP contribution >= 0.6 is 0 Å². The number of hydrogen-bond acceptors (Lipinski definition) is 2. The molecule has 0 saturated carbocycles. The molecule has 0 heterocycles. The van der Waals surface area contributed by atoms with E-state index in [1.807, 2.05) is 12.2 Å². The molecule has 2 amide bonds. The first-order valence-electron chi connectivity index (χ1n) is 8.48. The highest BCUT2D eigenvalue weighted by Gasteiger charge is 2.17. The predicted molar refractivity (Wildman–Crippen MR) is 99.0 cm³/mol. The van der Waals surface area contributed by atoms with Crippen molar-refractivity contribution in [2.75, 3.05) is 0 Å². The second-order valence-electron chi connectivity index (χ2n) is 5.96. The lowest BCUT2D eigenvalue weighted by molar-refractivity contribution is 0.0967. The molecule has 0 atom stereocenters. The van der Waals surface area contributed by atoms with Gasteiger partial charge in [-0.25, -0.2) is 0 Å². The molecule has 0 fully saturated rings. The van der Waals surface area contributed by atoms with Gasteiger partial charge in [-0.15, -0.1) is 13.2 Å². The van der Waals surface area contributed by atoms with E-state index in [9.17, 15) is 9.59 Å². The third-order valence-corrected chi connectivity index (χ3v) is 4.08. The molecule has 1 rings (SSSR count). The van der Waals surface area contributed by atoms with Gasteiger partial charge in [0.2, 0.25) is 11.8 Å². The molecule has 1 aromatic carbocycles. The molecule has 130 valence electrons. The molecule has 4 heteroatoms. The highest BCUT2D eigenvalue weighted by Crippen LogP contribution is 2.22. The van der Waals surface area contributed by atoms with Crippen LogP contribution in [-0.2, 0) is 12.8 Å². The smallest absolute Gasteiger partial charge is 0.249 e. The minimum atomic E-state index is -0.616. The summed E-state index contributed by atoms with van der Waals surface area (Å²) < 4.78 is 0. The third kappa shape index (κ3) is 6.03. The number of nitrogens with two attached hydrogens (primary N) is 2. The third-order valence-electron chi connectivity index (χ3n) is 4.08. The second kappa shape index (κ2) is 10.4. The highest BCUT2D eigenvalue weighted by molar-refractivity contribution is 6.06. The fourth-order valence-corrected chi connectivity index (χ4v) is 2.77. The van der Waals surface area contributed by atoms with E-state index in [-0.39, 0.29) is 11.1 Å². The Balaban J connectivity index is 3.06. The Labute approximate surface area is 144 Å². The molecule has 0 aromatic heterocycles. The molecule has 0 aliphatic heterocycles. The van der Waals surface area contributed by atoms with Crippen LogP contribution in [0.3, 0.4) is 0 Å². The van der Waals surface area contributed by atoms with Gasteiger partial charge in [-0.3, -0.25) is 9.59 Å². The largest absolute Gasteiger partial charge is 0.366 e. The molecule has 0 bridgehead atoms. The van der Waals surface area contributed by atoms with Crippen molar-refractivity contribution in [2.45, 2.75) is 51.4 Å². The van der Waals surface area contributed by atoms with Gasteiger partial charge in [0.05, 0.1) is 11.1 Å². The summed E-state index contributed by atoms with van der Waals surface area (Å²) in [6.07, 6.45) is 11.5. The summed E-state index contributed by atoms with van der Waals surface area (Å²) in [6.45, 7) is 7.46. The van der Waals surface area contributed by atoms with Gasteiger partial charge in [0, 0.05) is 0 Å². The Morgan fingerprint density at radius 3 is 1.46 bits per heavy atom. The molecule has 0 aliphatic carbocycles. The Kier molecular flexibility index (Phi) is 8.55. The van der Waals surface area contributed by atoms with Crippen molar-refractivity contribution in [1.29, 1.82) is 0 Å². The Morgan fingerprint density at radius 2 is 1.17 bits per heavy atom. The maximum Gasteiger partial charge on any atom is 0.249 e. The first-order chi connectivity index (χ1) is 11.5. The van der Waals surface area contributed by atoms with Crippen LogP contribution in [0.15, 0.2) is 37.4 Å². The second-order valence-corrected chi connectivity index (χ2v) is 5.96. The van der Waals surface area contributed by atoms with Crippen LogP contribution in [0.2, 0.25) is 0 Å². The summed E-state index contributed by atoms with van der Waals surface area (Å²) in [4.78, 5) is 23.3. The molecule has 0 saturated heterocycles. The highest BCUT2D eigenvalue weighted by atomic mass is 16.2. The van der Waals surface area contributed by atoms with Crippen LogP contribution in [-0.4, -0.2) is 11.8 Å². The molecule has 0 radical (unpaired) electrons. The van der Waals surface area contributed by atoms with Crippen LogP contribution in [0.4, 0.5) is 0 Å². The number of hydrogen-bond donors (Lipinski definition) is 2. The minimum Gasteiger partial charge on any atom is -0.366 e. The molecular formula is C20H28N2O2. The fraction of sp³-hybridized carbons (Fsp3) is 0.400. The zero-order valence-corrected chi connectivity index (χ0v) is 14.4. The number of allylic oxidation sites excluding steroid dienone is 2. The van der Waals surface area contributed by atoms with E-state index < -0.39 is 11.8 Å². The number of benzene rings is 1. The lowest BCUT2D eigenvalue weighted by Gasteiger charge is -2.14. The van der Waals surface area contributed by atoms with Crippen LogP contribution in [0.25, 0.3) is 0 Å². The van der Waals surface area contributed by atoms with Gasteiger partial charge in [0.25, 0.3) is 0 Å². The van der Waals surface area contributed by atoms with Crippen molar-refractivity contribution in [3.05, 3.63) is 59.7 Å². The van der Waals surface area contributed by atoms with Crippen molar-refractivity contribution in [3.8, 4) is 0 Å². The van der Waals surface area contributed by atoms with E-state index in [1.54, 1.807) is 12.1 Å². The minimum absolute atomic E-state index is 0.219. The molecule has 4 N–H and O–H groups in total. The first kappa shape index (κ1) is 19.7. The maximum atomic E-state index is 11.7. The van der Waals surface area contributed by atoms with Crippen LogP contribution in [0.5, 0.6) is 0 Å². The van der Waals surface area contributed by atoms with Gasteiger partial charge in [-0.2, -0.15) is 0 Å². The first-order valence-corrected chi connectivity index (χ1v) is 8.48. The zero-order valence-electron chi connectivity index (χ0n) is 14.4. The van der Waals surface area contributed by atoms with Gasteiger partial charge in [-0.05, 0) is 74.6 Å². The number of primary amides is 2. The Bertz CT molecular complexity index is 553. The normalized spacial score (nSPS) is 10.3. The van der Waals surface area contributed by atoms with Gasteiger partial charge >= 0.3 is 0 Å². The summed E-state index contributed by atoms with van der Waals surface area (Å²) in [5, 5.41) is 0. The molecule has 24 heavy (non-hydrogen) atoms. The molecule has 0 spiro atoms. The van der Waals surface area contributed by atoms with E-state index in [1.165, 1.54) is 0 Å². The number of rotatable bonds is 12. The SMILES string of the molecule is C=CCCCCc1cc(C(N)=O)c(C(N)=O)cc1CCCCC=C. The zero-order chi connectivity index (χ0) is 17.9. The Hall–Kier alpha value is -2.36. The maximum absolute atomic E-state index is 11.7. The standard InChI is InChI=1S/C20H28N2O2/c1-3-5-7-9-11-15-13-17(19(21)23)18(20(22)24)14-16(15)12-10-8-6-4-2/h3-4,13-14H,1-2,5-12H2,(H2,21,23)(H2,22,24). The number of carbonyl (C=O) groups is 2. The lowest BCUT2D eigenvalue weighted by atomic mass is 9.91. The van der Waals surface area contributed by atoms with E-state index >= 15 is 0 Å². The number of carbonyl (C=O) groups excluding carboxylic acids is 2. The molecule has 1 aromatic rings. The average Bonchev–Trinajstić information content (AvgIpc) is 2.55. The average molecular weight is 328 g/mol. The van der Waals surface area contributed by atoms with Crippen molar-refractivity contribution in [2.24, 2.45) is 11.5 Å². The van der Waals surface area contributed by atoms with Crippen molar-refractivity contribution in [1.82, 2.24) is 0 Å². The number of amides is 2. The summed E-state index contributed by atoms with van der Waals surface area (Å²) in [7, 11) is 0. The molecule has 4 nitrogen and oxygen atoms in total. The molecule has 0 aliphatic rings. The predicted octanol–water partition coefficient (Wildman–Crippen LogP) is 3.68. The van der Waals surface area contributed by atoms with E-state index in [4.69, 9.17) is 11.5 Å². The van der Waals surface area contributed by atoms with Gasteiger partial charge < -0.3 is 11.5 Å². The summed E-state index contributed by atoms with van der Waals surface area (Å²) in [5.74, 6) is -1.23. The van der Waals surface area contributed by atoms with E-state index in [0.29, 0.717) is 0 Å². The fourth-order valence-electron chi connectivity index (χ4n) is 2.77. The van der Waals surface area contributed by atoms with Crippen LogP contribution in [0.1, 0.15) is 70.4 Å². The van der Waals surface area contributed by atoms with Gasteiger partial charge in [-0.1, -0.05) is 12.2 Å². The number of unbranched alkanes of at least 4 members (excludes halogenated alkanes) is 4. The Morgan fingerprint density at radius 1 is 0.792 bits per heavy atom. The monoisotopic (exact) mass is 328 g/mol. The van der Waals surface area contributed by atoms with Gasteiger partial charge in [0.15, 0.2) is 0 Å². The number of aryl methyl sites for hydroxylation is 2. The van der Waals surface area contributed by atoms with Crippen molar-refractivity contribution in [3.63, 3.8) is 0 Å². The van der Waals surface area contributed by atoms with Gasteiger partial charge in [0.1, 0.15) is 0 Å². The van der Waals surface area contributed by atoms with E-state index in [2.05, 4.69) is 13.2 Å². The van der Waals surface area contributed by atoms with E-state index in [0.717, 1.165) is 62.5 Å². The van der Waals surface area contributed by atoms with Crippen molar-refractivity contribution < 1.29 is 9.59 Å². The van der Waals surface area contributed by atoms with Crippen LogP contribution < -0.4 is 11.5 Å². The molecule has 0 unspecified atom stereocenters. The van der Waals surface area contributed by atoms with Crippen molar-refractivity contribution >= 4 is 11.8 Å². The van der Waals surface area contributed by atoms with Crippen LogP contribution in [0, 0.1) is 0 Å². The topological polar surface area (TPSA) is 86.2 Å². The summed E-state index contributed by atoms with van der Waals surface area (Å²) >= 11 is 0. The molecular weight excluding hydrogens is 300 g/mol. The quantitative estimate of drug-likeness (QED) is 0.453. The lowest BCUT2D eigenvalue weighted by Crippen LogP contribution is -2.21. The summed E-state index contributed by atoms with van der Waals surface area (Å²) in [5.41, 5.74) is 13.4.